The van der Waals surface area contributed by atoms with Crippen LogP contribution in [0.3, 0.4) is 0 Å². The minimum absolute atomic E-state index is 0.698. The molecule has 0 spiro atoms. The smallest absolute Gasteiger partial charge is 0.118 e. The summed E-state index contributed by atoms with van der Waals surface area (Å²) in [6, 6.07) is 9.22. The molecule has 1 aromatic carbocycles. The van der Waals surface area contributed by atoms with Crippen molar-refractivity contribution in [2.45, 2.75) is 45.7 Å². The molecule has 0 aromatic heterocycles. The van der Waals surface area contributed by atoms with Crippen LogP contribution in [0.25, 0.3) is 0 Å². The summed E-state index contributed by atoms with van der Waals surface area (Å²) in [5, 5.41) is 0. The molecular weight excluding hydrogens is 246 g/mol. The maximum absolute atomic E-state index is 5.23. The zero-order chi connectivity index (χ0) is 14.6. The van der Waals surface area contributed by atoms with Gasteiger partial charge in [0.2, 0.25) is 0 Å². The van der Waals surface area contributed by atoms with Gasteiger partial charge in [0.05, 0.1) is 26.7 Å². The highest BCUT2D eigenvalue weighted by Crippen LogP contribution is 2.28. The van der Waals surface area contributed by atoms with Gasteiger partial charge in [-0.1, -0.05) is 18.9 Å². The zero-order valence-electron chi connectivity index (χ0n) is 13.4. The molecule has 2 unspecified atom stereocenters. The molecule has 0 fully saturated rings. The number of quaternary nitrogens is 1. The molecule has 2 atom stereocenters. The van der Waals surface area contributed by atoms with Gasteiger partial charge in [0.15, 0.2) is 0 Å². The SMILES string of the molecule is CCCC1=CC[N+](C)(Cc2ccc(OC)cc2)C(C)C1. The number of likely N-dealkylation sites (N-methyl/N-ethyl adjacent to an activating group) is 1. The first-order valence-electron chi connectivity index (χ1n) is 7.72. The second-order valence-electron chi connectivity index (χ2n) is 6.33. The molecule has 1 heterocycles. The van der Waals surface area contributed by atoms with Crippen LogP contribution in [0.15, 0.2) is 35.9 Å². The van der Waals surface area contributed by atoms with Crippen molar-refractivity contribution >= 4 is 0 Å². The summed E-state index contributed by atoms with van der Waals surface area (Å²) < 4.78 is 6.34. The first kappa shape index (κ1) is 15.1. The number of nitrogens with zero attached hydrogens (tertiary/aromatic N) is 1. The van der Waals surface area contributed by atoms with Crippen molar-refractivity contribution < 1.29 is 9.22 Å². The van der Waals surface area contributed by atoms with Gasteiger partial charge in [-0.3, -0.25) is 0 Å². The van der Waals surface area contributed by atoms with Crippen LogP contribution in [0.5, 0.6) is 5.75 Å². The Hall–Kier alpha value is -1.28. The third kappa shape index (κ3) is 3.43. The third-order valence-corrected chi connectivity index (χ3v) is 4.69. The predicted molar refractivity (Wildman–Crippen MR) is 84.8 cm³/mol. The Labute approximate surface area is 123 Å². The van der Waals surface area contributed by atoms with Gasteiger partial charge in [-0.15, -0.1) is 0 Å². The van der Waals surface area contributed by atoms with Crippen LogP contribution >= 0.6 is 0 Å². The number of methoxy groups -OCH3 is 1. The van der Waals surface area contributed by atoms with Crippen molar-refractivity contribution in [3.63, 3.8) is 0 Å². The van der Waals surface area contributed by atoms with Crippen LogP contribution in [0.1, 0.15) is 38.7 Å². The van der Waals surface area contributed by atoms with Crippen LogP contribution in [0, 0.1) is 0 Å². The lowest BCUT2D eigenvalue weighted by Crippen LogP contribution is -2.52. The molecule has 0 saturated heterocycles. The second kappa shape index (κ2) is 6.45. The molecule has 2 heteroatoms. The number of hydrogen-bond donors (Lipinski definition) is 0. The van der Waals surface area contributed by atoms with Crippen molar-refractivity contribution in [2.24, 2.45) is 0 Å². The molecule has 1 aliphatic rings. The summed E-state index contributed by atoms with van der Waals surface area (Å²) in [6.45, 7) is 6.92. The van der Waals surface area contributed by atoms with E-state index in [9.17, 15) is 0 Å². The van der Waals surface area contributed by atoms with Gasteiger partial charge in [0.1, 0.15) is 12.3 Å². The average Bonchev–Trinajstić information content (AvgIpc) is 2.44. The fraction of sp³-hybridized carbons (Fsp3) is 0.556. The Balaban J connectivity index is 2.07. The van der Waals surface area contributed by atoms with E-state index in [1.165, 1.54) is 24.8 Å². The fourth-order valence-corrected chi connectivity index (χ4v) is 3.09. The Kier molecular flexibility index (Phi) is 4.87. The number of benzene rings is 1. The lowest BCUT2D eigenvalue weighted by atomic mass is 9.95. The molecule has 0 amide bonds. The monoisotopic (exact) mass is 274 g/mol. The van der Waals surface area contributed by atoms with Gasteiger partial charge < -0.3 is 9.22 Å². The molecule has 0 bridgehead atoms. The summed E-state index contributed by atoms with van der Waals surface area (Å²) in [7, 11) is 4.10. The van der Waals surface area contributed by atoms with Crippen molar-refractivity contribution in [1.82, 2.24) is 0 Å². The number of hydrogen-bond acceptors (Lipinski definition) is 1. The van der Waals surface area contributed by atoms with E-state index in [1.54, 1.807) is 12.7 Å². The lowest BCUT2D eigenvalue weighted by Gasteiger charge is -2.43. The average molecular weight is 274 g/mol. The minimum Gasteiger partial charge on any atom is -0.497 e. The Morgan fingerprint density at radius 1 is 1.25 bits per heavy atom. The molecule has 110 valence electrons. The van der Waals surface area contributed by atoms with Crippen LogP contribution in [-0.4, -0.2) is 31.2 Å². The Morgan fingerprint density at radius 2 is 1.95 bits per heavy atom. The third-order valence-electron chi connectivity index (χ3n) is 4.69. The van der Waals surface area contributed by atoms with Gasteiger partial charge in [-0.25, -0.2) is 0 Å². The van der Waals surface area contributed by atoms with Gasteiger partial charge >= 0.3 is 0 Å². The highest BCUT2D eigenvalue weighted by molar-refractivity contribution is 5.26. The molecule has 2 rings (SSSR count). The van der Waals surface area contributed by atoms with Crippen molar-refractivity contribution in [1.29, 1.82) is 0 Å². The van der Waals surface area contributed by atoms with Gasteiger partial charge in [-0.2, -0.15) is 0 Å². The molecule has 0 aliphatic carbocycles. The van der Waals surface area contributed by atoms with Crippen molar-refractivity contribution in [3.8, 4) is 5.75 Å². The molecule has 2 nitrogen and oxygen atoms in total. The number of rotatable bonds is 5. The standard InChI is InChI=1S/C18H28NO/c1-5-6-16-11-12-19(3,15(2)13-16)14-17-7-9-18(20-4)10-8-17/h7-11,15H,5-6,12-14H2,1-4H3/q+1. The quantitative estimate of drug-likeness (QED) is 0.578. The highest BCUT2D eigenvalue weighted by Gasteiger charge is 2.32. The van der Waals surface area contributed by atoms with Gasteiger partial charge in [0.25, 0.3) is 0 Å². The van der Waals surface area contributed by atoms with E-state index in [2.05, 4.69) is 51.2 Å². The van der Waals surface area contributed by atoms with E-state index >= 15 is 0 Å². The fourth-order valence-electron chi connectivity index (χ4n) is 3.09. The summed E-state index contributed by atoms with van der Waals surface area (Å²) in [5.41, 5.74) is 3.05. The van der Waals surface area contributed by atoms with E-state index in [1.807, 2.05) is 0 Å². The molecule has 0 radical (unpaired) electrons. The maximum Gasteiger partial charge on any atom is 0.118 e. The molecule has 1 aliphatic heterocycles. The summed E-state index contributed by atoms with van der Waals surface area (Å²) in [6.07, 6.45) is 6.27. The van der Waals surface area contributed by atoms with Gasteiger partial charge in [0, 0.05) is 12.0 Å². The normalized spacial score (nSPS) is 26.2. The first-order chi connectivity index (χ1) is 9.57. The first-order valence-corrected chi connectivity index (χ1v) is 7.72. The topological polar surface area (TPSA) is 9.23 Å². The van der Waals surface area contributed by atoms with E-state index < -0.39 is 0 Å². The Morgan fingerprint density at radius 3 is 2.50 bits per heavy atom. The maximum atomic E-state index is 5.23. The summed E-state index contributed by atoms with van der Waals surface area (Å²) in [5.74, 6) is 0.938. The van der Waals surface area contributed by atoms with Crippen LogP contribution in [-0.2, 0) is 6.54 Å². The molecule has 0 saturated carbocycles. The largest absolute Gasteiger partial charge is 0.497 e. The molecular formula is C18H28NO+. The minimum atomic E-state index is 0.698. The van der Waals surface area contributed by atoms with E-state index in [0.29, 0.717) is 6.04 Å². The summed E-state index contributed by atoms with van der Waals surface area (Å²) >= 11 is 0. The molecule has 1 aromatic rings. The van der Waals surface area contributed by atoms with Crippen LogP contribution in [0.4, 0.5) is 0 Å². The zero-order valence-corrected chi connectivity index (χ0v) is 13.4. The van der Waals surface area contributed by atoms with Crippen LogP contribution in [0.2, 0.25) is 0 Å². The van der Waals surface area contributed by atoms with E-state index in [4.69, 9.17) is 4.74 Å². The molecule has 20 heavy (non-hydrogen) atoms. The van der Waals surface area contributed by atoms with Crippen molar-refractivity contribution in [2.75, 3.05) is 20.7 Å². The van der Waals surface area contributed by atoms with Gasteiger partial charge in [-0.05, 0) is 43.7 Å². The predicted octanol–water partition coefficient (Wildman–Crippen LogP) is 4.16. The summed E-state index contributed by atoms with van der Waals surface area (Å²) in [4.78, 5) is 0. The second-order valence-corrected chi connectivity index (χ2v) is 6.33. The number of ether oxygens (including phenoxy) is 1. The van der Waals surface area contributed by atoms with E-state index in [0.717, 1.165) is 23.3 Å². The van der Waals surface area contributed by atoms with E-state index in [-0.39, 0.29) is 0 Å². The van der Waals surface area contributed by atoms with Crippen molar-refractivity contribution in [3.05, 3.63) is 41.5 Å². The van der Waals surface area contributed by atoms with Crippen LogP contribution < -0.4 is 4.74 Å². The Bertz CT molecular complexity index is 463. The molecule has 0 N–H and O–H groups in total. The lowest BCUT2D eigenvalue weighted by molar-refractivity contribution is -0.940. The highest BCUT2D eigenvalue weighted by atomic mass is 16.5.